The van der Waals surface area contributed by atoms with Gasteiger partial charge in [0.2, 0.25) is 17.7 Å². The molecule has 0 bridgehead atoms. The first-order valence-corrected chi connectivity index (χ1v) is 9.68. The molecule has 1 aliphatic carbocycles. The van der Waals surface area contributed by atoms with Crippen molar-refractivity contribution in [2.45, 2.75) is 38.5 Å². The molecule has 0 aromatic carbocycles. The van der Waals surface area contributed by atoms with Crippen molar-refractivity contribution in [1.29, 1.82) is 0 Å². The van der Waals surface area contributed by atoms with Crippen molar-refractivity contribution in [2.24, 2.45) is 11.8 Å². The molecule has 2 atom stereocenters. The van der Waals surface area contributed by atoms with E-state index in [2.05, 4.69) is 10.3 Å². The quantitative estimate of drug-likeness (QED) is 0.785. The van der Waals surface area contributed by atoms with Gasteiger partial charge in [0.1, 0.15) is 5.65 Å². The zero-order chi connectivity index (χ0) is 18.8. The molecule has 0 radical (unpaired) electrons. The van der Waals surface area contributed by atoms with Crippen molar-refractivity contribution in [1.82, 2.24) is 19.6 Å². The smallest absolute Gasteiger partial charge is 0.233 e. The van der Waals surface area contributed by atoms with E-state index in [1.807, 2.05) is 35.0 Å². The van der Waals surface area contributed by atoms with Crippen LogP contribution in [0.5, 0.6) is 0 Å². The number of hydrogen-bond acceptors (Lipinski definition) is 4. The van der Waals surface area contributed by atoms with Crippen LogP contribution in [0.3, 0.4) is 0 Å². The number of nitrogens with zero attached hydrogens (tertiary/aromatic N) is 3. The number of carbonyl (C=O) groups is 3. The number of fused-ring (bicyclic) bond motifs is 2. The Hall–Kier alpha value is -2.70. The number of hydrogen-bond donors (Lipinski definition) is 1. The van der Waals surface area contributed by atoms with Crippen molar-refractivity contribution < 1.29 is 14.4 Å². The van der Waals surface area contributed by atoms with Gasteiger partial charge in [-0.3, -0.25) is 19.3 Å². The molecule has 2 aromatic rings. The molecule has 7 nitrogen and oxygen atoms in total. The molecule has 2 unspecified atom stereocenters. The van der Waals surface area contributed by atoms with E-state index in [4.69, 9.17) is 0 Å². The van der Waals surface area contributed by atoms with Crippen LogP contribution in [-0.2, 0) is 20.8 Å². The summed E-state index contributed by atoms with van der Waals surface area (Å²) >= 11 is 0. The maximum absolute atomic E-state index is 12.4. The Morgan fingerprint density at radius 1 is 1.15 bits per heavy atom. The predicted molar refractivity (Wildman–Crippen MR) is 98.7 cm³/mol. The molecule has 1 aliphatic heterocycles. The molecule has 1 saturated heterocycles. The minimum absolute atomic E-state index is 0.0813. The SMILES string of the molecule is O=C(CCN1C(=O)C2CCCCC2C1=O)NCCc1cn2ccccc2n1. The second-order valence-corrected chi connectivity index (χ2v) is 7.37. The lowest BCUT2D eigenvalue weighted by Gasteiger charge is -2.19. The molecular formula is C20H24N4O3. The van der Waals surface area contributed by atoms with Crippen LogP contribution >= 0.6 is 0 Å². The van der Waals surface area contributed by atoms with Gasteiger partial charge in [-0.15, -0.1) is 0 Å². The van der Waals surface area contributed by atoms with Crippen molar-refractivity contribution in [3.63, 3.8) is 0 Å². The highest BCUT2D eigenvalue weighted by Gasteiger charge is 2.47. The van der Waals surface area contributed by atoms with Crippen LogP contribution < -0.4 is 5.32 Å². The fourth-order valence-corrected chi connectivity index (χ4v) is 4.19. The van der Waals surface area contributed by atoms with E-state index in [9.17, 15) is 14.4 Å². The summed E-state index contributed by atoms with van der Waals surface area (Å²) in [6.07, 6.45) is 8.31. The van der Waals surface area contributed by atoms with Crippen molar-refractivity contribution in [3.8, 4) is 0 Å². The molecule has 2 aliphatic rings. The van der Waals surface area contributed by atoms with E-state index in [1.165, 1.54) is 4.90 Å². The number of aromatic nitrogens is 2. The third-order valence-corrected chi connectivity index (χ3v) is 5.61. The average Bonchev–Trinajstić information content (AvgIpc) is 3.20. The fourth-order valence-electron chi connectivity index (χ4n) is 4.19. The zero-order valence-corrected chi connectivity index (χ0v) is 15.3. The molecular weight excluding hydrogens is 344 g/mol. The highest BCUT2D eigenvalue weighted by molar-refractivity contribution is 6.05. The second kappa shape index (κ2) is 7.50. The first kappa shape index (κ1) is 17.7. The molecule has 27 heavy (non-hydrogen) atoms. The summed E-state index contributed by atoms with van der Waals surface area (Å²) < 4.78 is 1.95. The van der Waals surface area contributed by atoms with Gasteiger partial charge in [-0.05, 0) is 25.0 Å². The summed E-state index contributed by atoms with van der Waals surface area (Å²) in [5.41, 5.74) is 1.79. The van der Waals surface area contributed by atoms with Crippen LogP contribution in [0.25, 0.3) is 5.65 Å². The zero-order valence-electron chi connectivity index (χ0n) is 15.3. The standard InChI is InChI=1S/C20H24N4O3/c25-18(21-10-8-14-13-23-11-4-3-7-17(23)22-14)9-12-24-19(26)15-5-1-2-6-16(15)20(24)27/h3-4,7,11,13,15-16H,1-2,5-6,8-10,12H2,(H,21,25). The van der Waals surface area contributed by atoms with Crippen LogP contribution in [0, 0.1) is 11.8 Å². The minimum atomic E-state index is -0.149. The van der Waals surface area contributed by atoms with Crippen molar-refractivity contribution in [3.05, 3.63) is 36.3 Å². The highest BCUT2D eigenvalue weighted by Crippen LogP contribution is 2.37. The van der Waals surface area contributed by atoms with Gasteiger partial charge in [0.15, 0.2) is 0 Å². The number of amides is 3. The Morgan fingerprint density at radius 3 is 2.59 bits per heavy atom. The van der Waals surface area contributed by atoms with E-state index < -0.39 is 0 Å². The summed E-state index contributed by atoms with van der Waals surface area (Å²) in [5, 5.41) is 2.85. The third-order valence-electron chi connectivity index (χ3n) is 5.61. The molecule has 3 amide bonds. The number of rotatable bonds is 6. The lowest BCUT2D eigenvalue weighted by atomic mass is 9.81. The van der Waals surface area contributed by atoms with E-state index in [0.29, 0.717) is 13.0 Å². The lowest BCUT2D eigenvalue weighted by molar-refractivity contribution is -0.140. The summed E-state index contributed by atoms with van der Waals surface area (Å²) in [4.78, 5) is 42.7. The molecule has 7 heteroatoms. The van der Waals surface area contributed by atoms with Gasteiger partial charge in [-0.2, -0.15) is 0 Å². The van der Waals surface area contributed by atoms with Crippen molar-refractivity contribution in [2.75, 3.05) is 13.1 Å². The molecule has 0 spiro atoms. The van der Waals surface area contributed by atoms with Crippen LogP contribution in [0.1, 0.15) is 37.8 Å². The number of nitrogens with one attached hydrogen (secondary N) is 1. The topological polar surface area (TPSA) is 83.8 Å². The van der Waals surface area contributed by atoms with Crippen LogP contribution in [0.2, 0.25) is 0 Å². The summed E-state index contributed by atoms with van der Waals surface area (Å²) in [6.45, 7) is 0.667. The lowest BCUT2D eigenvalue weighted by Crippen LogP contribution is -2.35. The second-order valence-electron chi connectivity index (χ2n) is 7.37. The van der Waals surface area contributed by atoms with E-state index in [0.717, 1.165) is 37.0 Å². The summed E-state index contributed by atoms with van der Waals surface area (Å²) in [5.74, 6) is -0.604. The summed E-state index contributed by atoms with van der Waals surface area (Å²) in [7, 11) is 0. The number of imidazole rings is 1. The van der Waals surface area contributed by atoms with Gasteiger partial charge >= 0.3 is 0 Å². The Balaban J connectivity index is 1.24. The molecule has 142 valence electrons. The van der Waals surface area contributed by atoms with Gasteiger partial charge in [-0.25, -0.2) is 4.98 Å². The van der Waals surface area contributed by atoms with E-state index >= 15 is 0 Å². The normalized spacial score (nSPS) is 22.3. The first-order chi connectivity index (χ1) is 13.1. The molecule has 2 fully saturated rings. The van der Waals surface area contributed by atoms with Gasteiger partial charge in [0.05, 0.1) is 17.5 Å². The highest BCUT2D eigenvalue weighted by atomic mass is 16.2. The van der Waals surface area contributed by atoms with Crippen LogP contribution in [0.4, 0.5) is 0 Å². The molecule has 1 saturated carbocycles. The number of carbonyl (C=O) groups excluding carboxylic acids is 3. The van der Waals surface area contributed by atoms with Crippen LogP contribution in [-0.4, -0.2) is 45.1 Å². The van der Waals surface area contributed by atoms with Crippen molar-refractivity contribution >= 4 is 23.4 Å². The molecule has 1 N–H and O–H groups in total. The maximum Gasteiger partial charge on any atom is 0.233 e. The number of likely N-dealkylation sites (tertiary alicyclic amines) is 1. The largest absolute Gasteiger partial charge is 0.356 e. The van der Waals surface area contributed by atoms with Gasteiger partial charge in [-0.1, -0.05) is 18.9 Å². The number of imide groups is 1. The Morgan fingerprint density at radius 2 is 1.89 bits per heavy atom. The predicted octanol–water partition coefficient (Wildman–Crippen LogP) is 1.56. The monoisotopic (exact) mass is 368 g/mol. The van der Waals surface area contributed by atoms with E-state index in [1.54, 1.807) is 0 Å². The first-order valence-electron chi connectivity index (χ1n) is 9.68. The van der Waals surface area contributed by atoms with Gasteiger partial charge < -0.3 is 9.72 Å². The fraction of sp³-hybridized carbons (Fsp3) is 0.500. The van der Waals surface area contributed by atoms with Gasteiger partial charge in [0.25, 0.3) is 0 Å². The average molecular weight is 368 g/mol. The maximum atomic E-state index is 12.4. The third kappa shape index (κ3) is 3.59. The summed E-state index contributed by atoms with van der Waals surface area (Å²) in [6, 6.07) is 5.81. The van der Waals surface area contributed by atoms with Crippen LogP contribution in [0.15, 0.2) is 30.6 Å². The Bertz CT molecular complexity index is 818. The van der Waals surface area contributed by atoms with E-state index in [-0.39, 0.29) is 42.5 Å². The molecule has 4 rings (SSSR count). The van der Waals surface area contributed by atoms with Gasteiger partial charge in [0, 0.05) is 38.3 Å². The molecule has 2 aromatic heterocycles. The minimum Gasteiger partial charge on any atom is -0.356 e. The Kier molecular flexibility index (Phi) is 4.92. The molecule has 3 heterocycles. The number of pyridine rings is 1. The Labute approximate surface area is 157 Å².